The quantitative estimate of drug-likeness (QED) is 0.758. The second-order valence-electron chi connectivity index (χ2n) is 4.27. The van der Waals surface area contributed by atoms with Crippen LogP contribution in [0.3, 0.4) is 0 Å². The van der Waals surface area contributed by atoms with Crippen LogP contribution in [-0.4, -0.2) is 26.7 Å². The monoisotopic (exact) mass is 252 g/mol. The van der Waals surface area contributed by atoms with Crippen LogP contribution >= 0.6 is 0 Å². The van der Waals surface area contributed by atoms with Gasteiger partial charge in [0.05, 0.1) is 12.8 Å². The molecule has 0 aromatic heterocycles. The Kier molecular flexibility index (Phi) is 5.45. The molecule has 0 spiro atoms. The minimum Gasteiger partial charge on any atom is -0.495 e. The maximum absolute atomic E-state index is 11.7. The summed E-state index contributed by atoms with van der Waals surface area (Å²) >= 11 is 0. The van der Waals surface area contributed by atoms with Crippen LogP contribution in [0.4, 0.5) is 11.4 Å². The Bertz CT molecular complexity index is 407. The fourth-order valence-corrected chi connectivity index (χ4v) is 1.68. The van der Waals surface area contributed by atoms with Gasteiger partial charge in [0.1, 0.15) is 5.75 Å². The fourth-order valence-electron chi connectivity index (χ4n) is 1.68. The average Bonchev–Trinajstić information content (AvgIpc) is 2.29. The average molecular weight is 252 g/mol. The van der Waals surface area contributed by atoms with Gasteiger partial charge >= 0.3 is 0 Å². The summed E-state index contributed by atoms with van der Waals surface area (Å²) in [4.78, 5) is 11.7. The zero-order valence-electron chi connectivity index (χ0n) is 11.0. The first-order valence-electron chi connectivity index (χ1n) is 5.79. The lowest BCUT2D eigenvalue weighted by Crippen LogP contribution is -2.17. The van der Waals surface area contributed by atoms with E-state index >= 15 is 0 Å². The maximum atomic E-state index is 11.7. The molecule has 0 heterocycles. The lowest BCUT2D eigenvalue weighted by molar-refractivity contribution is -0.117. The summed E-state index contributed by atoms with van der Waals surface area (Å²) in [6, 6.07) is 5.16. The van der Waals surface area contributed by atoms with E-state index in [4.69, 9.17) is 15.2 Å². The second-order valence-corrected chi connectivity index (χ2v) is 4.27. The lowest BCUT2D eigenvalue weighted by atomic mass is 10.1. The number of hydrogen-bond acceptors (Lipinski definition) is 4. The second kappa shape index (κ2) is 6.86. The standard InChI is InChI=1S/C13H20N2O3/c1-9(8-17-2)6-13(16)15-10-4-5-12(18-3)11(14)7-10/h4-5,7,9H,6,8,14H2,1-3H3,(H,15,16). The highest BCUT2D eigenvalue weighted by Gasteiger charge is 2.10. The van der Waals surface area contributed by atoms with Crippen molar-refractivity contribution in [1.82, 2.24) is 0 Å². The number of anilines is 2. The van der Waals surface area contributed by atoms with Crippen molar-refractivity contribution in [3.63, 3.8) is 0 Å². The molecular weight excluding hydrogens is 232 g/mol. The minimum absolute atomic E-state index is 0.0517. The van der Waals surface area contributed by atoms with Crippen LogP contribution in [-0.2, 0) is 9.53 Å². The highest BCUT2D eigenvalue weighted by molar-refractivity contribution is 5.91. The van der Waals surface area contributed by atoms with Gasteiger partial charge in [0.2, 0.25) is 5.91 Å². The molecule has 0 saturated carbocycles. The molecular formula is C13H20N2O3. The number of amides is 1. The highest BCUT2D eigenvalue weighted by Crippen LogP contribution is 2.24. The zero-order valence-corrected chi connectivity index (χ0v) is 11.0. The number of rotatable bonds is 6. The van der Waals surface area contributed by atoms with E-state index in [0.717, 1.165) is 0 Å². The van der Waals surface area contributed by atoms with Crippen molar-refractivity contribution < 1.29 is 14.3 Å². The largest absolute Gasteiger partial charge is 0.495 e. The molecule has 100 valence electrons. The Morgan fingerprint density at radius 1 is 1.44 bits per heavy atom. The number of nitrogens with two attached hydrogens (primary N) is 1. The summed E-state index contributed by atoms with van der Waals surface area (Å²) in [6.07, 6.45) is 0.416. The number of nitrogens with one attached hydrogen (secondary N) is 1. The Balaban J connectivity index is 2.57. The third kappa shape index (κ3) is 4.25. The first kappa shape index (κ1) is 14.3. The molecule has 18 heavy (non-hydrogen) atoms. The van der Waals surface area contributed by atoms with Gasteiger partial charge in [-0.2, -0.15) is 0 Å². The summed E-state index contributed by atoms with van der Waals surface area (Å²) in [5, 5.41) is 2.79. The fraction of sp³-hybridized carbons (Fsp3) is 0.462. The first-order chi connectivity index (χ1) is 8.56. The van der Waals surface area contributed by atoms with Crippen molar-refractivity contribution in [3.05, 3.63) is 18.2 Å². The highest BCUT2D eigenvalue weighted by atomic mass is 16.5. The van der Waals surface area contributed by atoms with Crippen LogP contribution < -0.4 is 15.8 Å². The number of carbonyl (C=O) groups excluding carboxylic acids is 1. The molecule has 1 amide bonds. The molecule has 0 saturated heterocycles. The Morgan fingerprint density at radius 3 is 2.72 bits per heavy atom. The van der Waals surface area contributed by atoms with Gasteiger partial charge in [0, 0.05) is 25.8 Å². The lowest BCUT2D eigenvalue weighted by Gasteiger charge is -2.11. The number of hydrogen-bond donors (Lipinski definition) is 2. The van der Waals surface area contributed by atoms with E-state index in [1.807, 2.05) is 6.92 Å². The maximum Gasteiger partial charge on any atom is 0.224 e. The third-order valence-electron chi connectivity index (χ3n) is 2.50. The SMILES string of the molecule is COCC(C)CC(=O)Nc1ccc(OC)c(N)c1. The molecule has 0 aliphatic heterocycles. The Morgan fingerprint density at radius 2 is 2.17 bits per heavy atom. The van der Waals surface area contributed by atoms with Gasteiger partial charge in [-0.25, -0.2) is 0 Å². The number of methoxy groups -OCH3 is 2. The number of ether oxygens (including phenoxy) is 2. The van der Waals surface area contributed by atoms with Crippen molar-refractivity contribution in [3.8, 4) is 5.75 Å². The van der Waals surface area contributed by atoms with Gasteiger partial charge in [-0.05, 0) is 24.1 Å². The van der Waals surface area contributed by atoms with Crippen LogP contribution in [0.1, 0.15) is 13.3 Å². The molecule has 5 heteroatoms. The predicted octanol–water partition coefficient (Wildman–Crippen LogP) is 1.89. The van der Waals surface area contributed by atoms with Crippen molar-refractivity contribution >= 4 is 17.3 Å². The van der Waals surface area contributed by atoms with E-state index < -0.39 is 0 Å². The molecule has 3 N–H and O–H groups in total. The molecule has 1 aromatic carbocycles. The summed E-state index contributed by atoms with van der Waals surface area (Å²) in [5.74, 6) is 0.732. The van der Waals surface area contributed by atoms with Gasteiger partial charge in [-0.3, -0.25) is 4.79 Å². The Labute approximate surface area is 107 Å². The Hall–Kier alpha value is -1.75. The smallest absolute Gasteiger partial charge is 0.224 e. The van der Waals surface area contributed by atoms with Crippen molar-refractivity contribution in [2.75, 3.05) is 31.9 Å². The van der Waals surface area contributed by atoms with E-state index in [2.05, 4.69) is 5.32 Å². The van der Waals surface area contributed by atoms with Crippen LogP contribution in [0.15, 0.2) is 18.2 Å². The van der Waals surface area contributed by atoms with E-state index in [1.54, 1.807) is 32.4 Å². The van der Waals surface area contributed by atoms with Crippen molar-refractivity contribution in [2.24, 2.45) is 5.92 Å². The van der Waals surface area contributed by atoms with Gasteiger partial charge in [0.15, 0.2) is 0 Å². The third-order valence-corrected chi connectivity index (χ3v) is 2.50. The van der Waals surface area contributed by atoms with Crippen LogP contribution in [0.25, 0.3) is 0 Å². The first-order valence-corrected chi connectivity index (χ1v) is 5.79. The minimum atomic E-state index is -0.0517. The van der Waals surface area contributed by atoms with Gasteiger partial charge < -0.3 is 20.5 Å². The van der Waals surface area contributed by atoms with Gasteiger partial charge in [-0.1, -0.05) is 6.92 Å². The number of benzene rings is 1. The van der Waals surface area contributed by atoms with Crippen molar-refractivity contribution in [1.29, 1.82) is 0 Å². The predicted molar refractivity (Wildman–Crippen MR) is 71.7 cm³/mol. The molecule has 0 aliphatic carbocycles. The van der Waals surface area contributed by atoms with Crippen LogP contribution in [0.2, 0.25) is 0 Å². The van der Waals surface area contributed by atoms with E-state index in [-0.39, 0.29) is 11.8 Å². The summed E-state index contributed by atoms with van der Waals surface area (Å²) in [5.41, 5.74) is 6.93. The summed E-state index contributed by atoms with van der Waals surface area (Å²) in [7, 11) is 3.18. The molecule has 5 nitrogen and oxygen atoms in total. The van der Waals surface area contributed by atoms with E-state index in [1.165, 1.54) is 0 Å². The molecule has 0 aliphatic rings. The van der Waals surface area contributed by atoms with Crippen molar-refractivity contribution in [2.45, 2.75) is 13.3 Å². The molecule has 1 rings (SSSR count). The zero-order chi connectivity index (χ0) is 13.5. The van der Waals surface area contributed by atoms with Gasteiger partial charge in [-0.15, -0.1) is 0 Å². The normalized spacial score (nSPS) is 11.9. The molecule has 0 fully saturated rings. The number of nitrogen functional groups attached to an aromatic ring is 1. The summed E-state index contributed by atoms with van der Waals surface area (Å²) in [6.45, 7) is 2.53. The summed E-state index contributed by atoms with van der Waals surface area (Å²) < 4.78 is 10.0. The molecule has 0 radical (unpaired) electrons. The van der Waals surface area contributed by atoms with Crippen LogP contribution in [0, 0.1) is 5.92 Å². The van der Waals surface area contributed by atoms with Crippen LogP contribution in [0.5, 0.6) is 5.75 Å². The topological polar surface area (TPSA) is 73.6 Å². The number of carbonyl (C=O) groups is 1. The molecule has 0 bridgehead atoms. The molecule has 1 aromatic rings. The van der Waals surface area contributed by atoms with E-state index in [0.29, 0.717) is 30.2 Å². The molecule has 1 atom stereocenters. The molecule has 1 unspecified atom stereocenters. The van der Waals surface area contributed by atoms with Gasteiger partial charge in [0.25, 0.3) is 0 Å². The van der Waals surface area contributed by atoms with E-state index in [9.17, 15) is 4.79 Å².